The van der Waals surface area contributed by atoms with Crippen LogP contribution in [0.25, 0.3) is 0 Å². The van der Waals surface area contributed by atoms with Crippen molar-refractivity contribution in [2.75, 3.05) is 39.6 Å². The third kappa shape index (κ3) is 71.3. The fraction of sp³-hybridized carbons (Fsp3) is 0.654. The molecule has 0 saturated heterocycles. The molecule has 570 valence electrons. The van der Waals surface area contributed by atoms with Crippen molar-refractivity contribution in [2.45, 2.75) is 303 Å². The van der Waals surface area contributed by atoms with Crippen LogP contribution in [0.4, 0.5) is 0 Å². The molecule has 0 radical (unpaired) electrons. The summed E-state index contributed by atoms with van der Waals surface area (Å²) in [5, 5.41) is 10.6. The van der Waals surface area contributed by atoms with E-state index in [0.29, 0.717) is 32.1 Å². The van der Waals surface area contributed by atoms with Crippen molar-refractivity contribution in [3.63, 3.8) is 0 Å². The Morgan fingerprint density at radius 3 is 0.900 bits per heavy atom. The average Bonchev–Trinajstić information content (AvgIpc) is 0.940. The van der Waals surface area contributed by atoms with Gasteiger partial charge in [0.15, 0.2) is 12.2 Å². The number of rotatable bonds is 70. The number of allylic oxidation sites excluding steroid dienone is 24. The lowest BCUT2D eigenvalue weighted by Crippen LogP contribution is -2.30. The van der Waals surface area contributed by atoms with Crippen LogP contribution < -0.4 is 0 Å². The van der Waals surface area contributed by atoms with Gasteiger partial charge in [-0.3, -0.25) is 37.3 Å². The Balaban J connectivity index is 5.41. The van der Waals surface area contributed by atoms with E-state index in [9.17, 15) is 43.2 Å². The summed E-state index contributed by atoms with van der Waals surface area (Å²) in [5.41, 5.74) is 0. The molecule has 19 heteroatoms. The van der Waals surface area contributed by atoms with Crippen LogP contribution in [-0.2, 0) is 65.4 Å². The molecular weight excluding hydrogens is 1310 g/mol. The zero-order valence-corrected chi connectivity index (χ0v) is 63.9. The predicted octanol–water partition coefficient (Wildman–Crippen LogP) is 21.9. The number of ether oxygens (including phenoxy) is 4. The maximum absolute atomic E-state index is 13.1. The van der Waals surface area contributed by atoms with Gasteiger partial charge < -0.3 is 33.8 Å². The molecule has 17 nitrogen and oxygen atoms in total. The number of aliphatic hydroxyl groups excluding tert-OH is 1. The molecule has 0 aromatic carbocycles. The normalized spacial score (nSPS) is 14.8. The Labute approximate surface area is 605 Å². The van der Waals surface area contributed by atoms with Gasteiger partial charge >= 0.3 is 39.5 Å². The highest BCUT2D eigenvalue weighted by Crippen LogP contribution is 2.45. The van der Waals surface area contributed by atoms with E-state index in [1.165, 1.54) is 38.5 Å². The van der Waals surface area contributed by atoms with Gasteiger partial charge in [-0.05, 0) is 128 Å². The van der Waals surface area contributed by atoms with Crippen molar-refractivity contribution in [1.82, 2.24) is 0 Å². The molecule has 5 atom stereocenters. The molecular formula is C81H134O17P2. The monoisotopic (exact) mass is 1440 g/mol. The Kier molecular flexibility index (Phi) is 68.6. The highest BCUT2D eigenvalue weighted by atomic mass is 31.2. The van der Waals surface area contributed by atoms with Crippen LogP contribution in [0.2, 0.25) is 0 Å². The molecule has 5 unspecified atom stereocenters. The van der Waals surface area contributed by atoms with Crippen molar-refractivity contribution < 1.29 is 80.2 Å². The van der Waals surface area contributed by atoms with E-state index in [0.717, 1.165) is 161 Å². The second-order valence-electron chi connectivity index (χ2n) is 24.8. The summed E-state index contributed by atoms with van der Waals surface area (Å²) in [5.74, 6) is -2.32. The standard InChI is InChI=1S/C81H134O17P2/c1-5-9-13-17-21-25-29-32-34-36-37-39-41-44-47-50-54-58-62-66-79(84)92-72-77(98-81(86)68-64-60-56-52-48-42-31-27-23-19-15-11-7-3)74-96-100(89,90)94-70-75(82)69-93-99(87,88)95-73-76(97-80(85)67-63-59-55-51-45-28-24-20-16-12-8-4)71-91-78(83)65-61-57-53-49-46-43-40-38-35-33-30-26-22-18-14-10-6-2/h9-10,13-15,19,21-22,25-27,31-35,37,39-40,43-44,47,54,58,75-77,82H,5-8,11-12,16-18,20,23-24,28-30,36,38,41-42,45-46,48-53,55-57,59-74H2,1-4H3,(H,87,88)(H,89,90)/b13-9-,14-10-,19-15-,25-21-,26-22-,31-27-,34-32-,35-33-,39-37-,43-40-,47-44-,58-54-. The average molecular weight is 1440 g/mol. The number of hydrogen-bond donors (Lipinski definition) is 3. The van der Waals surface area contributed by atoms with Crippen molar-refractivity contribution in [3.05, 3.63) is 146 Å². The third-order valence-corrected chi connectivity index (χ3v) is 17.2. The fourth-order valence-corrected chi connectivity index (χ4v) is 11.1. The molecule has 0 saturated carbocycles. The number of hydrogen-bond acceptors (Lipinski definition) is 15. The molecule has 0 spiro atoms. The molecule has 100 heavy (non-hydrogen) atoms. The fourth-order valence-electron chi connectivity index (χ4n) is 9.57. The van der Waals surface area contributed by atoms with Crippen LogP contribution in [-0.4, -0.2) is 96.7 Å². The molecule has 0 bridgehead atoms. The van der Waals surface area contributed by atoms with Crippen LogP contribution in [0.1, 0.15) is 285 Å². The summed E-state index contributed by atoms with van der Waals surface area (Å²) in [7, 11) is -9.98. The number of aliphatic hydroxyl groups is 1. The van der Waals surface area contributed by atoms with Gasteiger partial charge in [0.25, 0.3) is 0 Å². The lowest BCUT2D eigenvalue weighted by atomic mass is 10.1. The van der Waals surface area contributed by atoms with E-state index >= 15 is 0 Å². The quantitative estimate of drug-likeness (QED) is 0.0169. The van der Waals surface area contributed by atoms with Gasteiger partial charge in [0.05, 0.1) is 26.4 Å². The minimum atomic E-state index is -5.00. The van der Waals surface area contributed by atoms with Gasteiger partial charge in [-0.15, -0.1) is 0 Å². The largest absolute Gasteiger partial charge is 0.472 e. The van der Waals surface area contributed by atoms with Gasteiger partial charge in [0.1, 0.15) is 19.3 Å². The number of phosphoric ester groups is 2. The minimum Gasteiger partial charge on any atom is -0.462 e. The highest BCUT2D eigenvalue weighted by molar-refractivity contribution is 7.47. The van der Waals surface area contributed by atoms with Crippen molar-refractivity contribution >= 4 is 39.5 Å². The lowest BCUT2D eigenvalue weighted by Gasteiger charge is -2.21. The van der Waals surface area contributed by atoms with Crippen LogP contribution in [0.5, 0.6) is 0 Å². The van der Waals surface area contributed by atoms with E-state index in [1.807, 2.05) is 18.2 Å². The third-order valence-electron chi connectivity index (χ3n) is 15.3. The first-order chi connectivity index (χ1) is 48.7. The van der Waals surface area contributed by atoms with E-state index in [2.05, 4.69) is 155 Å². The zero-order chi connectivity index (χ0) is 73.2. The first-order valence-electron chi connectivity index (χ1n) is 38.1. The summed E-state index contributed by atoms with van der Waals surface area (Å²) in [6.45, 7) is 4.43. The molecule has 0 aliphatic rings. The Morgan fingerprint density at radius 2 is 0.560 bits per heavy atom. The molecule has 0 rings (SSSR count). The molecule has 0 heterocycles. The number of phosphoric acid groups is 2. The van der Waals surface area contributed by atoms with Gasteiger partial charge in [-0.2, -0.15) is 0 Å². The van der Waals surface area contributed by atoms with Crippen LogP contribution in [0, 0.1) is 0 Å². The van der Waals surface area contributed by atoms with Crippen LogP contribution >= 0.6 is 15.6 Å². The number of carbonyl (C=O) groups is 4. The molecule has 0 aromatic heterocycles. The van der Waals surface area contributed by atoms with Gasteiger partial charge in [-0.1, -0.05) is 276 Å². The summed E-state index contributed by atoms with van der Waals surface area (Å²) in [6, 6.07) is 0. The summed E-state index contributed by atoms with van der Waals surface area (Å²) < 4.78 is 68.3. The number of esters is 4. The minimum absolute atomic E-state index is 0.0292. The molecule has 0 amide bonds. The summed E-state index contributed by atoms with van der Waals surface area (Å²) in [4.78, 5) is 72.8. The van der Waals surface area contributed by atoms with E-state index < -0.39 is 97.5 Å². The first kappa shape index (κ1) is 94.9. The summed E-state index contributed by atoms with van der Waals surface area (Å²) >= 11 is 0. The maximum atomic E-state index is 13.1. The van der Waals surface area contributed by atoms with Crippen molar-refractivity contribution in [2.24, 2.45) is 0 Å². The summed E-state index contributed by atoms with van der Waals surface area (Å²) in [6.07, 6.45) is 81.4. The SMILES string of the molecule is CC/C=C\C/C=C\C/C=C\C/C=C\C/C=C\C/C=C\CCC(=O)OCC(COP(=O)(O)OCC(O)COP(=O)(O)OCC(COC(=O)CCCCCC/C=C\C/C=C\C/C=C\C/C=C\CC)OC(=O)CCCCCCCCCCCCC)OC(=O)CCCCCCC/C=C\C/C=C\CCC. The highest BCUT2D eigenvalue weighted by Gasteiger charge is 2.30. The van der Waals surface area contributed by atoms with E-state index in [-0.39, 0.29) is 25.7 Å². The Hall–Kier alpha value is -5.06. The molecule has 0 aliphatic carbocycles. The van der Waals surface area contributed by atoms with Crippen molar-refractivity contribution in [1.29, 1.82) is 0 Å². The van der Waals surface area contributed by atoms with Gasteiger partial charge in [0.2, 0.25) is 0 Å². The van der Waals surface area contributed by atoms with Gasteiger partial charge in [-0.25, -0.2) is 9.13 Å². The van der Waals surface area contributed by atoms with Crippen LogP contribution in [0.3, 0.4) is 0 Å². The Bertz CT molecular complexity index is 2470. The zero-order valence-electron chi connectivity index (χ0n) is 62.1. The van der Waals surface area contributed by atoms with E-state index in [4.69, 9.17) is 37.0 Å². The number of carbonyl (C=O) groups excluding carboxylic acids is 4. The lowest BCUT2D eigenvalue weighted by molar-refractivity contribution is -0.161. The first-order valence-corrected chi connectivity index (χ1v) is 41.1. The Morgan fingerprint density at radius 1 is 0.290 bits per heavy atom. The van der Waals surface area contributed by atoms with Gasteiger partial charge in [0, 0.05) is 25.7 Å². The van der Waals surface area contributed by atoms with E-state index in [1.54, 1.807) is 0 Å². The van der Waals surface area contributed by atoms with Crippen LogP contribution in [0.15, 0.2) is 146 Å². The second-order valence-corrected chi connectivity index (χ2v) is 27.7. The second kappa shape index (κ2) is 72.3. The molecule has 3 N–H and O–H groups in total. The smallest absolute Gasteiger partial charge is 0.462 e. The molecule has 0 aliphatic heterocycles. The topological polar surface area (TPSA) is 237 Å². The predicted molar refractivity (Wildman–Crippen MR) is 408 cm³/mol. The van der Waals surface area contributed by atoms with Crippen molar-refractivity contribution in [3.8, 4) is 0 Å². The number of unbranched alkanes of at least 4 members (excludes halogenated alkanes) is 20. The molecule has 0 aromatic rings. The maximum Gasteiger partial charge on any atom is 0.472 e. The molecule has 0 fully saturated rings.